The molecule has 6 heteroatoms. The van der Waals surface area contributed by atoms with Crippen LogP contribution in [0.1, 0.15) is 46.4 Å². The van der Waals surface area contributed by atoms with E-state index >= 15 is 0 Å². The van der Waals surface area contributed by atoms with Gasteiger partial charge in [-0.05, 0) is 18.1 Å². The van der Waals surface area contributed by atoms with Crippen molar-refractivity contribution in [1.29, 1.82) is 0 Å². The highest BCUT2D eigenvalue weighted by atomic mass is 28.4. The predicted molar refractivity (Wildman–Crippen MR) is 94.8 cm³/mol. The van der Waals surface area contributed by atoms with E-state index < -0.39 is 8.32 Å². The number of rotatable bonds is 4. The van der Waals surface area contributed by atoms with Gasteiger partial charge in [-0.15, -0.1) is 0 Å². The standard InChI is InChI=1S/C16H30N4OSi/c1-11(2)15-18-8-13(14(17)19-15)20-9-12(10-20)21-22(6,7)16(3,4)5/h8,11-12H,9-10H2,1-7H3,(H2,17,18,19). The minimum Gasteiger partial charge on any atom is -0.410 e. The maximum atomic E-state index is 6.41. The van der Waals surface area contributed by atoms with Crippen molar-refractivity contribution in [2.75, 3.05) is 23.7 Å². The van der Waals surface area contributed by atoms with Crippen LogP contribution < -0.4 is 10.6 Å². The molecular formula is C16H30N4OSi. The molecule has 1 aromatic heterocycles. The minimum absolute atomic E-state index is 0.245. The molecule has 0 spiro atoms. The van der Waals surface area contributed by atoms with Gasteiger partial charge in [-0.25, -0.2) is 9.97 Å². The van der Waals surface area contributed by atoms with Crippen molar-refractivity contribution in [3.8, 4) is 0 Å². The summed E-state index contributed by atoms with van der Waals surface area (Å²) < 4.78 is 6.41. The summed E-state index contributed by atoms with van der Waals surface area (Å²) in [7, 11) is -1.69. The Balaban J connectivity index is 1.97. The van der Waals surface area contributed by atoms with E-state index in [-0.39, 0.29) is 5.04 Å². The monoisotopic (exact) mass is 322 g/mol. The minimum atomic E-state index is -1.69. The van der Waals surface area contributed by atoms with Crippen LogP contribution in [0.15, 0.2) is 6.20 Å². The number of hydrogen-bond acceptors (Lipinski definition) is 5. The summed E-state index contributed by atoms with van der Waals surface area (Å²) in [5.41, 5.74) is 7.02. The fraction of sp³-hybridized carbons (Fsp3) is 0.750. The summed E-state index contributed by atoms with van der Waals surface area (Å²) in [6, 6.07) is 0. The van der Waals surface area contributed by atoms with E-state index in [1.807, 2.05) is 6.20 Å². The molecule has 0 amide bonds. The second-order valence-electron chi connectivity index (χ2n) is 8.06. The van der Waals surface area contributed by atoms with Crippen molar-refractivity contribution in [3.63, 3.8) is 0 Å². The maximum absolute atomic E-state index is 6.41. The van der Waals surface area contributed by atoms with Gasteiger partial charge < -0.3 is 15.1 Å². The van der Waals surface area contributed by atoms with E-state index in [0.717, 1.165) is 24.6 Å². The Kier molecular flexibility index (Phi) is 4.55. The first-order valence-electron chi connectivity index (χ1n) is 8.06. The molecule has 5 nitrogen and oxygen atoms in total. The maximum Gasteiger partial charge on any atom is 0.192 e. The molecule has 124 valence electrons. The molecular weight excluding hydrogens is 292 g/mol. The Morgan fingerprint density at radius 1 is 1.32 bits per heavy atom. The quantitative estimate of drug-likeness (QED) is 0.861. The van der Waals surface area contributed by atoms with Gasteiger partial charge in [-0.3, -0.25) is 0 Å². The number of hydrogen-bond donors (Lipinski definition) is 1. The van der Waals surface area contributed by atoms with Crippen molar-refractivity contribution >= 4 is 19.8 Å². The topological polar surface area (TPSA) is 64.3 Å². The highest BCUT2D eigenvalue weighted by Crippen LogP contribution is 2.39. The zero-order valence-electron chi connectivity index (χ0n) is 15.0. The van der Waals surface area contributed by atoms with Gasteiger partial charge in [0.2, 0.25) is 0 Å². The van der Waals surface area contributed by atoms with Gasteiger partial charge in [-0.2, -0.15) is 0 Å². The van der Waals surface area contributed by atoms with Crippen LogP contribution in [0, 0.1) is 0 Å². The summed E-state index contributed by atoms with van der Waals surface area (Å²) in [4.78, 5) is 11.0. The number of nitrogens with zero attached hydrogens (tertiary/aromatic N) is 3. The second-order valence-corrected chi connectivity index (χ2v) is 12.8. The molecule has 1 saturated heterocycles. The molecule has 0 aliphatic carbocycles. The Morgan fingerprint density at radius 3 is 2.36 bits per heavy atom. The normalized spacial score (nSPS) is 17.0. The average Bonchev–Trinajstić information content (AvgIpc) is 2.32. The Hall–Kier alpha value is -1.14. The zero-order valence-corrected chi connectivity index (χ0v) is 16.0. The highest BCUT2D eigenvalue weighted by molar-refractivity contribution is 6.74. The van der Waals surface area contributed by atoms with Crippen molar-refractivity contribution in [1.82, 2.24) is 9.97 Å². The van der Waals surface area contributed by atoms with Crippen LogP contribution in [0.3, 0.4) is 0 Å². The van der Waals surface area contributed by atoms with Gasteiger partial charge >= 0.3 is 0 Å². The molecule has 0 aromatic carbocycles. The lowest BCUT2D eigenvalue weighted by Gasteiger charge is -2.47. The summed E-state index contributed by atoms with van der Waals surface area (Å²) in [6.07, 6.45) is 2.14. The number of nitrogens with two attached hydrogens (primary N) is 1. The molecule has 0 atom stereocenters. The lowest BCUT2D eigenvalue weighted by Crippen LogP contribution is -2.58. The predicted octanol–water partition coefficient (Wildman–Crippen LogP) is 3.39. The van der Waals surface area contributed by atoms with Crippen LogP contribution in [-0.4, -0.2) is 37.5 Å². The molecule has 0 bridgehead atoms. The van der Waals surface area contributed by atoms with Crippen LogP contribution in [-0.2, 0) is 4.43 Å². The highest BCUT2D eigenvalue weighted by Gasteiger charge is 2.42. The molecule has 1 fully saturated rings. The van der Waals surface area contributed by atoms with Crippen molar-refractivity contribution in [3.05, 3.63) is 12.0 Å². The van der Waals surface area contributed by atoms with Crippen molar-refractivity contribution < 1.29 is 4.43 Å². The first-order chi connectivity index (χ1) is 10.0. The molecule has 0 saturated carbocycles. The Labute approximate surface area is 135 Å². The Morgan fingerprint density at radius 2 is 1.91 bits per heavy atom. The third-order valence-corrected chi connectivity index (χ3v) is 9.32. The van der Waals surface area contributed by atoms with Gasteiger partial charge in [0.25, 0.3) is 0 Å². The summed E-state index contributed by atoms with van der Waals surface area (Å²) in [5, 5.41) is 0.245. The van der Waals surface area contributed by atoms with E-state index in [2.05, 4.69) is 62.6 Å². The van der Waals surface area contributed by atoms with Crippen LogP contribution in [0.25, 0.3) is 0 Å². The zero-order chi connectivity index (χ0) is 16.7. The summed E-state index contributed by atoms with van der Waals surface area (Å²) in [5.74, 6) is 1.67. The molecule has 1 aromatic rings. The van der Waals surface area contributed by atoms with Crippen LogP contribution in [0.2, 0.25) is 18.1 Å². The first kappa shape index (κ1) is 17.2. The molecule has 2 rings (SSSR count). The van der Waals surface area contributed by atoms with E-state index in [9.17, 15) is 0 Å². The second kappa shape index (κ2) is 5.81. The largest absolute Gasteiger partial charge is 0.410 e. The van der Waals surface area contributed by atoms with Gasteiger partial charge in [0, 0.05) is 19.0 Å². The van der Waals surface area contributed by atoms with Crippen LogP contribution >= 0.6 is 0 Å². The van der Waals surface area contributed by atoms with E-state index in [4.69, 9.17) is 10.2 Å². The average molecular weight is 323 g/mol. The van der Waals surface area contributed by atoms with Crippen LogP contribution in [0.4, 0.5) is 11.5 Å². The fourth-order valence-corrected chi connectivity index (χ4v) is 3.56. The van der Waals surface area contributed by atoms with Crippen LogP contribution in [0.5, 0.6) is 0 Å². The number of anilines is 2. The van der Waals surface area contributed by atoms with Gasteiger partial charge in [0.05, 0.1) is 18.0 Å². The molecule has 22 heavy (non-hydrogen) atoms. The van der Waals surface area contributed by atoms with Crippen molar-refractivity contribution in [2.24, 2.45) is 0 Å². The van der Waals surface area contributed by atoms with E-state index in [1.165, 1.54) is 0 Å². The van der Waals surface area contributed by atoms with Crippen molar-refractivity contribution in [2.45, 2.75) is 64.8 Å². The van der Waals surface area contributed by atoms with Gasteiger partial charge in [0.15, 0.2) is 14.1 Å². The molecule has 1 aliphatic rings. The number of aromatic nitrogens is 2. The third-order valence-electron chi connectivity index (χ3n) is 4.79. The fourth-order valence-electron chi connectivity index (χ4n) is 2.23. The SMILES string of the molecule is CC(C)c1ncc(N2CC(O[Si](C)(C)C(C)(C)C)C2)c(N)n1. The Bertz CT molecular complexity index is 533. The smallest absolute Gasteiger partial charge is 0.192 e. The molecule has 0 unspecified atom stereocenters. The van der Waals surface area contributed by atoms with E-state index in [1.54, 1.807) is 0 Å². The first-order valence-corrected chi connectivity index (χ1v) is 11.0. The lowest BCUT2D eigenvalue weighted by atomic mass is 10.1. The summed E-state index contributed by atoms with van der Waals surface area (Å²) in [6.45, 7) is 17.3. The lowest BCUT2D eigenvalue weighted by molar-refractivity contribution is 0.149. The van der Waals surface area contributed by atoms with E-state index in [0.29, 0.717) is 17.8 Å². The molecule has 1 aliphatic heterocycles. The summed E-state index contributed by atoms with van der Waals surface area (Å²) >= 11 is 0. The third kappa shape index (κ3) is 3.43. The molecule has 2 heterocycles. The van der Waals surface area contributed by atoms with Gasteiger partial charge in [-0.1, -0.05) is 34.6 Å². The molecule has 2 N–H and O–H groups in total. The van der Waals surface area contributed by atoms with Gasteiger partial charge in [0.1, 0.15) is 5.82 Å². The molecule has 0 radical (unpaired) electrons. The number of nitrogen functional groups attached to an aromatic ring is 1.